The van der Waals surface area contributed by atoms with Crippen molar-refractivity contribution in [2.45, 2.75) is 13.0 Å². The van der Waals surface area contributed by atoms with Crippen LogP contribution < -0.4 is 10.6 Å². The molecule has 0 unspecified atom stereocenters. The Morgan fingerprint density at radius 2 is 2.14 bits per heavy atom. The van der Waals surface area contributed by atoms with Gasteiger partial charge in [0.1, 0.15) is 11.6 Å². The van der Waals surface area contributed by atoms with Gasteiger partial charge in [-0.05, 0) is 42.3 Å². The third-order valence-electron chi connectivity index (χ3n) is 3.59. The van der Waals surface area contributed by atoms with E-state index >= 15 is 0 Å². The lowest BCUT2D eigenvalue weighted by molar-refractivity contribution is 0.102. The lowest BCUT2D eigenvalue weighted by Gasteiger charge is -2.20. The second-order valence-corrected chi connectivity index (χ2v) is 4.99. The number of fused-ring (bicyclic) bond motifs is 1. The fraction of sp³-hybridized carbons (Fsp3) is 0.188. The molecule has 0 atom stereocenters. The quantitative estimate of drug-likeness (QED) is 0.794. The van der Waals surface area contributed by atoms with Crippen LogP contribution in [0.2, 0.25) is 0 Å². The number of benzene rings is 2. The maximum Gasteiger partial charge on any atom is 0.258 e. The van der Waals surface area contributed by atoms with Crippen LogP contribution in [0, 0.1) is 5.82 Å². The van der Waals surface area contributed by atoms with Gasteiger partial charge in [-0.15, -0.1) is 0 Å². The van der Waals surface area contributed by atoms with Gasteiger partial charge in [-0.1, -0.05) is 12.1 Å². The average Bonchev–Trinajstić information content (AvgIpc) is 2.47. The van der Waals surface area contributed by atoms with E-state index in [-0.39, 0.29) is 11.3 Å². The molecule has 3 rings (SSSR count). The summed E-state index contributed by atoms with van der Waals surface area (Å²) in [5.41, 5.74) is 2.83. The van der Waals surface area contributed by atoms with E-state index in [9.17, 15) is 14.3 Å². The smallest absolute Gasteiger partial charge is 0.258 e. The molecule has 1 heterocycles. The molecule has 1 amide bonds. The van der Waals surface area contributed by atoms with Crippen LogP contribution in [0.4, 0.5) is 10.1 Å². The summed E-state index contributed by atoms with van der Waals surface area (Å²) in [6.07, 6.45) is 0.909. The first kappa shape index (κ1) is 13.6. The van der Waals surface area contributed by atoms with Gasteiger partial charge >= 0.3 is 0 Å². The number of hydrogen-bond acceptors (Lipinski definition) is 3. The maximum atomic E-state index is 13.7. The summed E-state index contributed by atoms with van der Waals surface area (Å²) < 4.78 is 13.7. The van der Waals surface area contributed by atoms with E-state index in [1.807, 2.05) is 18.2 Å². The van der Waals surface area contributed by atoms with Crippen LogP contribution in [0.3, 0.4) is 0 Å². The lowest BCUT2D eigenvalue weighted by Crippen LogP contribution is -2.25. The van der Waals surface area contributed by atoms with E-state index in [0.29, 0.717) is 12.2 Å². The second-order valence-electron chi connectivity index (χ2n) is 4.99. The van der Waals surface area contributed by atoms with E-state index in [2.05, 4.69) is 10.6 Å². The van der Waals surface area contributed by atoms with Crippen LogP contribution in [-0.2, 0) is 13.0 Å². The van der Waals surface area contributed by atoms with Crippen LogP contribution >= 0.6 is 0 Å². The molecule has 108 valence electrons. The van der Waals surface area contributed by atoms with E-state index in [0.717, 1.165) is 24.6 Å². The zero-order valence-corrected chi connectivity index (χ0v) is 11.3. The monoisotopic (exact) mass is 286 g/mol. The predicted octanol–water partition coefficient (Wildman–Crippen LogP) is 2.43. The van der Waals surface area contributed by atoms with E-state index in [1.165, 1.54) is 17.7 Å². The van der Waals surface area contributed by atoms with E-state index in [4.69, 9.17) is 0 Å². The number of hydrogen-bond donors (Lipinski definition) is 3. The fourth-order valence-electron chi connectivity index (χ4n) is 2.51. The number of halogens is 1. The molecule has 4 nitrogen and oxygen atoms in total. The van der Waals surface area contributed by atoms with Gasteiger partial charge in [-0.25, -0.2) is 4.39 Å². The molecule has 2 aromatic rings. The first-order chi connectivity index (χ1) is 10.1. The van der Waals surface area contributed by atoms with Crippen LogP contribution in [0.5, 0.6) is 5.75 Å². The summed E-state index contributed by atoms with van der Waals surface area (Å²) in [5, 5.41) is 15.2. The summed E-state index contributed by atoms with van der Waals surface area (Å²) in [4.78, 5) is 12.2. The first-order valence-electron chi connectivity index (χ1n) is 6.76. The number of phenols is 1. The Balaban J connectivity index is 1.88. The molecule has 3 N–H and O–H groups in total. The Labute approximate surface area is 121 Å². The zero-order chi connectivity index (χ0) is 14.8. The summed E-state index contributed by atoms with van der Waals surface area (Å²) >= 11 is 0. The summed E-state index contributed by atoms with van der Waals surface area (Å²) in [7, 11) is 0. The molecule has 0 saturated heterocycles. The van der Waals surface area contributed by atoms with Crippen molar-refractivity contribution in [1.29, 1.82) is 0 Å². The number of nitrogens with one attached hydrogen (secondary N) is 2. The Hall–Kier alpha value is -2.40. The number of phenolic OH excluding ortho intramolecular Hbond substituents is 1. The van der Waals surface area contributed by atoms with E-state index < -0.39 is 11.7 Å². The zero-order valence-electron chi connectivity index (χ0n) is 11.3. The van der Waals surface area contributed by atoms with Gasteiger partial charge < -0.3 is 15.7 Å². The van der Waals surface area contributed by atoms with Gasteiger partial charge in [0, 0.05) is 18.3 Å². The Bertz CT molecular complexity index is 701. The highest BCUT2D eigenvalue weighted by Gasteiger charge is 2.17. The van der Waals surface area contributed by atoms with Crippen LogP contribution in [0.15, 0.2) is 36.4 Å². The molecule has 0 bridgehead atoms. The van der Waals surface area contributed by atoms with Crippen molar-refractivity contribution in [3.63, 3.8) is 0 Å². The van der Waals surface area contributed by atoms with Gasteiger partial charge in [0.2, 0.25) is 0 Å². The van der Waals surface area contributed by atoms with Crippen LogP contribution in [0.1, 0.15) is 21.5 Å². The SMILES string of the molecule is O=C(Nc1cccc2c1CNCC2)c1ccc(O)cc1F. The van der Waals surface area contributed by atoms with Crippen LogP contribution in [-0.4, -0.2) is 17.6 Å². The average molecular weight is 286 g/mol. The number of rotatable bonds is 2. The van der Waals surface area contributed by atoms with E-state index in [1.54, 1.807) is 0 Å². The van der Waals surface area contributed by atoms with Gasteiger partial charge in [0.05, 0.1) is 5.56 Å². The molecular formula is C16H15FN2O2. The number of carbonyl (C=O) groups excluding carboxylic acids is 1. The molecule has 0 fully saturated rings. The number of aromatic hydroxyl groups is 1. The number of carbonyl (C=O) groups is 1. The molecule has 21 heavy (non-hydrogen) atoms. The van der Waals surface area contributed by atoms with Gasteiger partial charge in [0.25, 0.3) is 5.91 Å². The van der Waals surface area contributed by atoms with Crippen molar-refractivity contribution in [1.82, 2.24) is 5.32 Å². The van der Waals surface area contributed by atoms with Crippen molar-refractivity contribution >= 4 is 11.6 Å². The standard InChI is InChI=1S/C16H15FN2O2/c17-14-8-11(20)4-5-12(14)16(21)19-15-3-1-2-10-6-7-18-9-13(10)15/h1-5,8,18,20H,6-7,9H2,(H,19,21). The summed E-state index contributed by atoms with van der Waals surface area (Å²) in [6, 6.07) is 9.21. The molecule has 0 aliphatic carbocycles. The molecule has 1 aliphatic rings. The van der Waals surface area contributed by atoms with Crippen molar-refractivity contribution in [2.75, 3.05) is 11.9 Å². The number of anilines is 1. The fourth-order valence-corrected chi connectivity index (χ4v) is 2.51. The van der Waals surface area contributed by atoms with Gasteiger partial charge in [-0.2, -0.15) is 0 Å². The molecule has 2 aromatic carbocycles. The molecular weight excluding hydrogens is 271 g/mol. The largest absolute Gasteiger partial charge is 0.508 e. The minimum Gasteiger partial charge on any atom is -0.508 e. The van der Waals surface area contributed by atoms with Gasteiger partial charge in [0.15, 0.2) is 0 Å². The highest BCUT2D eigenvalue weighted by molar-refractivity contribution is 6.05. The second kappa shape index (κ2) is 5.54. The maximum absolute atomic E-state index is 13.7. The topological polar surface area (TPSA) is 61.4 Å². The minimum atomic E-state index is -0.740. The molecule has 0 aromatic heterocycles. The Morgan fingerprint density at radius 3 is 2.95 bits per heavy atom. The van der Waals surface area contributed by atoms with Gasteiger partial charge in [-0.3, -0.25) is 4.79 Å². The molecule has 5 heteroatoms. The highest BCUT2D eigenvalue weighted by Crippen LogP contribution is 2.24. The molecule has 0 saturated carbocycles. The summed E-state index contributed by atoms with van der Waals surface area (Å²) in [6.45, 7) is 1.60. The molecule has 0 radical (unpaired) electrons. The minimum absolute atomic E-state index is 0.0887. The Kier molecular flexibility index (Phi) is 3.58. The highest BCUT2D eigenvalue weighted by atomic mass is 19.1. The third-order valence-corrected chi connectivity index (χ3v) is 3.59. The Morgan fingerprint density at radius 1 is 1.29 bits per heavy atom. The van der Waals surface area contributed by atoms with Crippen LogP contribution in [0.25, 0.3) is 0 Å². The molecule has 0 spiro atoms. The summed E-state index contributed by atoms with van der Waals surface area (Å²) in [5.74, 6) is -1.47. The van der Waals surface area contributed by atoms with Crippen molar-refractivity contribution in [2.24, 2.45) is 0 Å². The first-order valence-corrected chi connectivity index (χ1v) is 6.76. The van der Waals surface area contributed by atoms with Crippen molar-refractivity contribution < 1.29 is 14.3 Å². The van der Waals surface area contributed by atoms with Crippen molar-refractivity contribution in [3.8, 4) is 5.75 Å². The predicted molar refractivity (Wildman–Crippen MR) is 77.9 cm³/mol. The number of amides is 1. The lowest BCUT2D eigenvalue weighted by atomic mass is 9.99. The normalized spacial score (nSPS) is 13.6. The molecule has 1 aliphatic heterocycles. The van der Waals surface area contributed by atoms with Crippen molar-refractivity contribution in [3.05, 3.63) is 58.9 Å². The third kappa shape index (κ3) is 2.73.